The highest BCUT2D eigenvalue weighted by atomic mass is 16.5. The van der Waals surface area contributed by atoms with Gasteiger partial charge in [0.1, 0.15) is 28.7 Å². The molecule has 0 aromatic carbocycles. The van der Waals surface area contributed by atoms with E-state index in [0.717, 1.165) is 0 Å². The van der Waals surface area contributed by atoms with E-state index < -0.39 is 11.9 Å². The number of nitrogens with zero attached hydrogens (tertiary/aromatic N) is 1. The highest BCUT2D eigenvalue weighted by molar-refractivity contribution is 6.01. The first-order chi connectivity index (χ1) is 9.53. The molecule has 0 fully saturated rings. The third-order valence-corrected chi connectivity index (χ3v) is 2.40. The van der Waals surface area contributed by atoms with Crippen LogP contribution in [0.5, 0.6) is 0 Å². The van der Waals surface area contributed by atoms with Gasteiger partial charge in [-0.15, -0.1) is 6.58 Å². The van der Waals surface area contributed by atoms with Crippen LogP contribution in [-0.2, 0) is 9.53 Å². The molecule has 104 valence electrons. The van der Waals surface area contributed by atoms with E-state index in [1.54, 1.807) is 13.0 Å². The number of aryl methyl sites for hydroxylation is 1. The van der Waals surface area contributed by atoms with Crippen molar-refractivity contribution in [1.29, 1.82) is 5.26 Å². The van der Waals surface area contributed by atoms with Gasteiger partial charge < -0.3 is 14.5 Å². The topological polar surface area (TPSA) is 92.3 Å². The summed E-state index contributed by atoms with van der Waals surface area (Å²) < 4.78 is 9.88. The molecule has 6 heteroatoms. The highest BCUT2D eigenvalue weighted by Crippen LogP contribution is 2.18. The number of carbonyl (C=O) groups excluding carboxylic acids is 2. The van der Waals surface area contributed by atoms with Gasteiger partial charge in [0.05, 0.1) is 7.11 Å². The minimum absolute atomic E-state index is 0.128. The molecule has 0 aliphatic rings. The Kier molecular flexibility index (Phi) is 5.30. The second-order valence-electron chi connectivity index (χ2n) is 3.78. The maximum atomic E-state index is 11.6. The minimum atomic E-state index is -0.541. The van der Waals surface area contributed by atoms with Gasteiger partial charge in [-0.2, -0.15) is 5.26 Å². The number of amides is 1. The highest BCUT2D eigenvalue weighted by Gasteiger charge is 2.16. The van der Waals surface area contributed by atoms with Crippen molar-refractivity contribution >= 4 is 18.0 Å². The van der Waals surface area contributed by atoms with Crippen LogP contribution in [0.3, 0.4) is 0 Å². The fourth-order valence-electron chi connectivity index (χ4n) is 1.44. The van der Waals surface area contributed by atoms with Crippen molar-refractivity contribution in [1.82, 2.24) is 5.32 Å². The first kappa shape index (κ1) is 15.2. The molecule has 6 nitrogen and oxygen atoms in total. The quantitative estimate of drug-likeness (QED) is 0.381. The van der Waals surface area contributed by atoms with Crippen molar-refractivity contribution in [2.45, 2.75) is 6.92 Å². The van der Waals surface area contributed by atoms with Crippen LogP contribution >= 0.6 is 0 Å². The number of hydrogen-bond acceptors (Lipinski definition) is 5. The number of furan rings is 1. The number of esters is 1. The van der Waals surface area contributed by atoms with Crippen molar-refractivity contribution in [3.05, 3.63) is 41.4 Å². The third-order valence-electron chi connectivity index (χ3n) is 2.40. The molecule has 0 radical (unpaired) electrons. The van der Waals surface area contributed by atoms with Crippen LogP contribution < -0.4 is 5.32 Å². The molecule has 0 aliphatic heterocycles. The molecule has 0 bridgehead atoms. The molecule has 1 amide bonds. The summed E-state index contributed by atoms with van der Waals surface area (Å²) in [4.78, 5) is 23.1. The Morgan fingerprint density at radius 2 is 2.30 bits per heavy atom. The predicted molar refractivity (Wildman–Crippen MR) is 71.6 cm³/mol. The monoisotopic (exact) mass is 274 g/mol. The van der Waals surface area contributed by atoms with Crippen LogP contribution in [0.1, 0.15) is 21.9 Å². The van der Waals surface area contributed by atoms with Gasteiger partial charge in [-0.05, 0) is 13.0 Å². The summed E-state index contributed by atoms with van der Waals surface area (Å²) in [6.07, 6.45) is 2.76. The number of rotatable bonds is 5. The van der Waals surface area contributed by atoms with Crippen LogP contribution in [-0.4, -0.2) is 25.5 Å². The van der Waals surface area contributed by atoms with Crippen LogP contribution in [0, 0.1) is 18.3 Å². The molecule has 1 aromatic rings. The van der Waals surface area contributed by atoms with E-state index in [1.165, 1.54) is 25.3 Å². The van der Waals surface area contributed by atoms with E-state index in [-0.39, 0.29) is 23.4 Å². The number of nitriles is 1. The summed E-state index contributed by atoms with van der Waals surface area (Å²) in [7, 11) is 1.26. The Labute approximate surface area is 116 Å². The first-order valence-electron chi connectivity index (χ1n) is 5.73. The molecule has 0 saturated heterocycles. The molecule has 1 N–H and O–H groups in total. The molecule has 1 heterocycles. The van der Waals surface area contributed by atoms with Gasteiger partial charge in [0.2, 0.25) is 0 Å². The average molecular weight is 274 g/mol. The van der Waals surface area contributed by atoms with E-state index in [0.29, 0.717) is 5.76 Å². The normalized spacial score (nSPS) is 10.6. The minimum Gasteiger partial charge on any atom is -0.465 e. The second kappa shape index (κ2) is 6.95. The zero-order valence-electron chi connectivity index (χ0n) is 11.2. The summed E-state index contributed by atoms with van der Waals surface area (Å²) in [6, 6.07) is 3.19. The number of hydrogen-bond donors (Lipinski definition) is 1. The maximum absolute atomic E-state index is 11.6. The number of ether oxygens (including phenoxy) is 1. The van der Waals surface area contributed by atoms with Crippen molar-refractivity contribution < 1.29 is 18.7 Å². The smallest absolute Gasteiger partial charge is 0.341 e. The van der Waals surface area contributed by atoms with Gasteiger partial charge in [-0.25, -0.2) is 4.79 Å². The van der Waals surface area contributed by atoms with E-state index in [2.05, 4.69) is 16.6 Å². The Bertz CT molecular complexity index is 605. The number of carbonyl (C=O) groups is 2. The largest absolute Gasteiger partial charge is 0.465 e. The molecular formula is C14H14N2O4. The van der Waals surface area contributed by atoms with Crippen molar-refractivity contribution in [2.24, 2.45) is 0 Å². The molecular weight excluding hydrogens is 260 g/mol. The van der Waals surface area contributed by atoms with Gasteiger partial charge >= 0.3 is 5.97 Å². The van der Waals surface area contributed by atoms with Crippen LogP contribution in [0.2, 0.25) is 0 Å². The zero-order chi connectivity index (χ0) is 15.1. The van der Waals surface area contributed by atoms with Crippen molar-refractivity contribution in [3.8, 4) is 6.07 Å². The Hall–Kier alpha value is -2.81. The zero-order valence-corrected chi connectivity index (χ0v) is 11.2. The average Bonchev–Trinajstić information content (AvgIpc) is 2.82. The predicted octanol–water partition coefficient (Wildman–Crippen LogP) is 1.58. The van der Waals surface area contributed by atoms with E-state index in [1.807, 2.05) is 0 Å². The molecule has 1 aromatic heterocycles. The summed E-state index contributed by atoms with van der Waals surface area (Å²) >= 11 is 0. The summed E-state index contributed by atoms with van der Waals surface area (Å²) in [5, 5.41) is 11.4. The van der Waals surface area contributed by atoms with Crippen LogP contribution in [0.15, 0.2) is 28.7 Å². The Morgan fingerprint density at radius 3 is 2.85 bits per heavy atom. The summed E-state index contributed by atoms with van der Waals surface area (Å²) in [6.45, 7) is 5.30. The van der Waals surface area contributed by atoms with Crippen LogP contribution in [0.4, 0.5) is 0 Å². The van der Waals surface area contributed by atoms with Crippen molar-refractivity contribution in [2.75, 3.05) is 13.7 Å². The number of methoxy groups -OCH3 is 1. The molecule has 0 unspecified atom stereocenters. The van der Waals surface area contributed by atoms with E-state index in [9.17, 15) is 9.59 Å². The molecule has 1 rings (SSSR count). The molecule has 0 spiro atoms. The van der Waals surface area contributed by atoms with Crippen molar-refractivity contribution in [3.63, 3.8) is 0 Å². The molecule has 0 saturated carbocycles. The van der Waals surface area contributed by atoms with Gasteiger partial charge in [0, 0.05) is 12.6 Å². The summed E-state index contributed by atoms with van der Waals surface area (Å²) in [5.41, 5.74) is 0.125. The lowest BCUT2D eigenvalue weighted by molar-refractivity contribution is -0.116. The fraction of sp³-hybridized carbons (Fsp3) is 0.214. The standard InChI is InChI=1S/C14H14N2O4/c1-4-5-16-13(17)10(8-15)6-11-7-12(9(2)20-11)14(18)19-3/h4,6-7H,1,5H2,2-3H3,(H,16,17)/b10-6+. The second-order valence-corrected chi connectivity index (χ2v) is 3.78. The number of nitrogens with one attached hydrogen (secondary N) is 1. The Balaban J connectivity index is 3.02. The lowest BCUT2D eigenvalue weighted by atomic mass is 10.2. The van der Waals surface area contributed by atoms with Gasteiger partial charge in [-0.3, -0.25) is 4.79 Å². The van der Waals surface area contributed by atoms with E-state index in [4.69, 9.17) is 9.68 Å². The van der Waals surface area contributed by atoms with E-state index >= 15 is 0 Å². The Morgan fingerprint density at radius 1 is 1.60 bits per heavy atom. The third kappa shape index (κ3) is 3.59. The first-order valence-corrected chi connectivity index (χ1v) is 5.73. The summed E-state index contributed by atoms with van der Waals surface area (Å²) in [5.74, 6) is -0.498. The van der Waals surface area contributed by atoms with Gasteiger partial charge in [0.15, 0.2) is 0 Å². The van der Waals surface area contributed by atoms with Gasteiger partial charge in [0.25, 0.3) is 5.91 Å². The lowest BCUT2D eigenvalue weighted by Crippen LogP contribution is -2.24. The maximum Gasteiger partial charge on any atom is 0.341 e. The van der Waals surface area contributed by atoms with Gasteiger partial charge in [-0.1, -0.05) is 6.08 Å². The SMILES string of the molecule is C=CCNC(=O)/C(C#N)=C/c1cc(C(=O)OC)c(C)o1. The molecule has 0 aliphatic carbocycles. The molecule has 0 atom stereocenters. The molecule has 20 heavy (non-hydrogen) atoms. The van der Waals surface area contributed by atoms with Crippen LogP contribution in [0.25, 0.3) is 6.08 Å². The lowest BCUT2D eigenvalue weighted by Gasteiger charge is -1.98. The fourth-order valence-corrected chi connectivity index (χ4v) is 1.44.